The third kappa shape index (κ3) is 4.67. The smallest absolute Gasteiger partial charge is 0.201 e. The average Bonchev–Trinajstić information content (AvgIpc) is 3.48. The van der Waals surface area contributed by atoms with Crippen molar-refractivity contribution in [3.8, 4) is 0 Å². The van der Waals surface area contributed by atoms with Gasteiger partial charge in [-0.25, -0.2) is 0 Å². The lowest BCUT2D eigenvalue weighted by Gasteiger charge is -2.11. The van der Waals surface area contributed by atoms with Gasteiger partial charge in [0.1, 0.15) is 22.3 Å². The third-order valence-corrected chi connectivity index (χ3v) is 11.1. The second kappa shape index (κ2) is 11.6. The van der Waals surface area contributed by atoms with E-state index in [2.05, 4.69) is 133 Å². The molecule has 10 rings (SSSR count). The Hall–Kier alpha value is -5.40. The largest absolute Gasteiger partial charge is 0.421 e. The maximum atomic E-state index is 6.53. The number of hydrogen-bond donors (Lipinski definition) is 0. The molecule has 0 aliphatic heterocycles. The second-order valence-corrected chi connectivity index (χ2v) is 13.8. The summed E-state index contributed by atoms with van der Waals surface area (Å²) >= 11 is 0. The molecule has 6 heteroatoms. The van der Waals surface area contributed by atoms with Crippen LogP contribution in [0.5, 0.6) is 0 Å². The lowest BCUT2D eigenvalue weighted by atomic mass is 9.93. The first kappa shape index (κ1) is 28.6. The Kier molecular flexibility index (Phi) is 6.79. The molecule has 2 heterocycles. The fraction of sp³-hybridized carbons (Fsp3) is 0.0698. The maximum Gasteiger partial charge on any atom is 0.201 e. The molecule has 0 aliphatic rings. The molecule has 0 bridgehead atoms. The molecular formula is C43H30O4P2. The number of fused-ring (bicyclic) bond motifs is 14. The van der Waals surface area contributed by atoms with Crippen LogP contribution in [-0.4, -0.2) is 0 Å². The minimum absolute atomic E-state index is 0.121. The Bertz CT molecular complexity index is 2790. The fourth-order valence-electron chi connectivity index (χ4n) is 7.75. The van der Waals surface area contributed by atoms with Crippen LogP contribution in [0.4, 0.5) is 0 Å². The molecule has 0 radical (unpaired) electrons. The van der Waals surface area contributed by atoms with Crippen molar-refractivity contribution in [1.82, 2.24) is 0 Å². The van der Waals surface area contributed by atoms with Crippen LogP contribution in [0.1, 0.15) is 17.5 Å². The van der Waals surface area contributed by atoms with Crippen LogP contribution in [-0.2, 0) is 12.8 Å². The highest BCUT2D eigenvalue weighted by Gasteiger charge is 2.17. The molecule has 0 saturated carbocycles. The van der Waals surface area contributed by atoms with Gasteiger partial charge in [-0.3, -0.25) is 0 Å². The molecule has 49 heavy (non-hydrogen) atoms. The molecular weight excluding hydrogens is 642 g/mol. The highest BCUT2D eigenvalue weighted by Crippen LogP contribution is 2.41. The van der Waals surface area contributed by atoms with Crippen molar-refractivity contribution in [1.29, 1.82) is 0 Å². The van der Waals surface area contributed by atoms with E-state index in [1.165, 1.54) is 54.2 Å². The minimum atomic E-state index is -0.121. The van der Waals surface area contributed by atoms with E-state index in [0.717, 1.165) is 63.1 Å². The van der Waals surface area contributed by atoms with Gasteiger partial charge in [0.15, 0.2) is 0 Å². The van der Waals surface area contributed by atoms with Crippen molar-refractivity contribution >= 4 is 104 Å². The number of benzene rings is 8. The van der Waals surface area contributed by atoms with Gasteiger partial charge in [0.25, 0.3) is 0 Å². The normalized spacial score (nSPS) is 12.2. The van der Waals surface area contributed by atoms with E-state index < -0.39 is 0 Å². The first-order chi connectivity index (χ1) is 24.3. The van der Waals surface area contributed by atoms with E-state index in [1.807, 2.05) is 0 Å². The molecule has 2 aromatic heterocycles. The molecule has 0 amide bonds. The second-order valence-electron chi connectivity index (χ2n) is 12.7. The Labute approximate surface area is 284 Å². The van der Waals surface area contributed by atoms with Gasteiger partial charge in [0, 0.05) is 21.5 Å². The van der Waals surface area contributed by atoms with Crippen molar-refractivity contribution < 1.29 is 16.8 Å². The SMILES string of the molecule is c1ccc2c(c1)ccc1o[pH]oc3c(CCCc4cc5ccccc5c5c4o[pH]oc4ccc6ccccc6c45)cc4ccccc4c3c12. The van der Waals surface area contributed by atoms with E-state index in [-0.39, 0.29) is 17.3 Å². The molecule has 0 saturated heterocycles. The molecule has 8 aromatic carbocycles. The average molecular weight is 673 g/mol. The molecule has 2 unspecified atom stereocenters. The van der Waals surface area contributed by atoms with Gasteiger partial charge < -0.3 is 16.8 Å². The topological polar surface area (TPSA) is 52.6 Å². The minimum Gasteiger partial charge on any atom is -0.421 e. The highest BCUT2D eigenvalue weighted by molar-refractivity contribution is 7.15. The molecule has 0 N–H and O–H groups in total. The van der Waals surface area contributed by atoms with Crippen LogP contribution < -0.4 is 0 Å². The summed E-state index contributed by atoms with van der Waals surface area (Å²) in [6.07, 6.45) is 2.61. The van der Waals surface area contributed by atoms with Gasteiger partial charge in [0.05, 0.1) is 0 Å². The summed E-state index contributed by atoms with van der Waals surface area (Å²) in [7, 11) is -0.242. The van der Waals surface area contributed by atoms with Crippen molar-refractivity contribution in [2.45, 2.75) is 19.3 Å². The quantitative estimate of drug-likeness (QED) is 0.187. The van der Waals surface area contributed by atoms with Crippen LogP contribution in [0.3, 0.4) is 0 Å². The molecule has 0 aliphatic carbocycles. The molecule has 10 aromatic rings. The molecule has 236 valence electrons. The summed E-state index contributed by atoms with van der Waals surface area (Å²) in [5.74, 6) is 0. The Morgan fingerprint density at radius 2 is 0.755 bits per heavy atom. The van der Waals surface area contributed by atoms with Crippen molar-refractivity contribution in [2.24, 2.45) is 0 Å². The predicted molar refractivity (Wildman–Crippen MR) is 208 cm³/mol. The number of rotatable bonds is 4. The monoisotopic (exact) mass is 672 g/mol. The van der Waals surface area contributed by atoms with E-state index in [4.69, 9.17) is 16.8 Å². The van der Waals surface area contributed by atoms with Crippen molar-refractivity contribution in [2.75, 3.05) is 0 Å². The molecule has 2 atom stereocenters. The summed E-state index contributed by atoms with van der Waals surface area (Å²) in [5.41, 5.74) is 5.97. The van der Waals surface area contributed by atoms with Gasteiger partial charge in [-0.2, -0.15) is 0 Å². The first-order valence-electron chi connectivity index (χ1n) is 16.6. The first-order valence-corrected chi connectivity index (χ1v) is 18.3. The van der Waals surface area contributed by atoms with Gasteiger partial charge in [-0.15, -0.1) is 0 Å². The van der Waals surface area contributed by atoms with E-state index in [1.54, 1.807) is 0 Å². The number of aryl methyl sites for hydroxylation is 2. The van der Waals surface area contributed by atoms with Crippen LogP contribution in [0.25, 0.3) is 87.0 Å². The third-order valence-electron chi connectivity index (χ3n) is 9.92. The zero-order chi connectivity index (χ0) is 32.3. The van der Waals surface area contributed by atoms with Crippen LogP contribution >= 0.6 is 17.3 Å². The van der Waals surface area contributed by atoms with Crippen LogP contribution in [0.15, 0.2) is 150 Å². The van der Waals surface area contributed by atoms with Crippen LogP contribution in [0, 0.1) is 0 Å². The summed E-state index contributed by atoms with van der Waals surface area (Å²) in [6.45, 7) is 0. The maximum absolute atomic E-state index is 6.53. The van der Waals surface area contributed by atoms with Gasteiger partial charge in [0.2, 0.25) is 17.3 Å². The zero-order valence-electron chi connectivity index (χ0n) is 26.5. The Morgan fingerprint density at radius 1 is 0.367 bits per heavy atom. The van der Waals surface area contributed by atoms with E-state index in [0.29, 0.717) is 0 Å². The fourth-order valence-corrected chi connectivity index (χ4v) is 8.98. The summed E-state index contributed by atoms with van der Waals surface area (Å²) in [5, 5.41) is 13.9. The lowest BCUT2D eigenvalue weighted by Crippen LogP contribution is -1.94. The van der Waals surface area contributed by atoms with E-state index >= 15 is 0 Å². The lowest BCUT2D eigenvalue weighted by molar-refractivity contribution is 0.655. The predicted octanol–water partition coefficient (Wildman–Crippen LogP) is 13.8. The van der Waals surface area contributed by atoms with Gasteiger partial charge in [-0.1, -0.05) is 109 Å². The van der Waals surface area contributed by atoms with E-state index in [9.17, 15) is 0 Å². The Morgan fingerprint density at radius 3 is 1.20 bits per heavy atom. The summed E-state index contributed by atoms with van der Waals surface area (Å²) in [4.78, 5) is 0. The highest BCUT2D eigenvalue weighted by atomic mass is 31.1. The van der Waals surface area contributed by atoms with Crippen LogP contribution in [0.2, 0.25) is 0 Å². The van der Waals surface area contributed by atoms with Gasteiger partial charge >= 0.3 is 0 Å². The molecule has 4 nitrogen and oxygen atoms in total. The molecule has 0 fully saturated rings. The number of hydrogen-bond acceptors (Lipinski definition) is 4. The standard InChI is InChI=1S/C43H30O4P2/c1-5-16-32-26(10-1)20-22-36-38(32)40-34-18-7-3-12-28(34)24-30(42(40)46-48-44-36)14-9-15-31-25-29-13-4-8-19-35(29)41-39-33-17-6-2-11-27(33)21-23-37(39)45-49-47-43(31)41/h1-8,10-13,16-25,48-49H,9,14-15H2. The molecule has 0 spiro atoms. The van der Waals surface area contributed by atoms with Crippen molar-refractivity contribution in [3.63, 3.8) is 0 Å². The summed E-state index contributed by atoms with van der Waals surface area (Å²) in [6, 6.07) is 47.4. The Balaban J connectivity index is 1.16. The van der Waals surface area contributed by atoms with Gasteiger partial charge in [-0.05, 0) is 97.7 Å². The summed E-state index contributed by atoms with van der Waals surface area (Å²) < 4.78 is 25.6. The zero-order valence-corrected chi connectivity index (χ0v) is 28.5. The van der Waals surface area contributed by atoms with Crippen molar-refractivity contribution in [3.05, 3.63) is 145 Å².